The minimum absolute atomic E-state index is 0.145. The number of anilines is 2. The molecule has 0 radical (unpaired) electrons. The maximum atomic E-state index is 11.9. The molecule has 1 amide bonds. The molecule has 0 atom stereocenters. The summed E-state index contributed by atoms with van der Waals surface area (Å²) in [5.41, 5.74) is 2.47. The van der Waals surface area contributed by atoms with Crippen molar-refractivity contribution in [2.24, 2.45) is 0 Å². The molecular formula is C15H14Cl2N2O. The first-order valence-electron chi connectivity index (χ1n) is 6.10. The second-order valence-electron chi connectivity index (χ2n) is 4.34. The second-order valence-corrected chi connectivity index (χ2v) is 5.18. The monoisotopic (exact) mass is 308 g/mol. The molecule has 0 spiro atoms. The molecule has 104 valence electrons. The quantitative estimate of drug-likeness (QED) is 0.881. The fraction of sp³-hybridized carbons (Fsp3) is 0.133. The largest absolute Gasteiger partial charge is 0.376 e. The van der Waals surface area contributed by atoms with Gasteiger partial charge in [-0.25, -0.2) is 0 Å². The number of nitrogens with one attached hydrogen (secondary N) is 2. The van der Waals surface area contributed by atoms with Gasteiger partial charge in [-0.15, -0.1) is 0 Å². The summed E-state index contributed by atoms with van der Waals surface area (Å²) in [5.74, 6) is -0.169. The van der Waals surface area contributed by atoms with Crippen molar-refractivity contribution in [1.29, 1.82) is 0 Å². The summed E-state index contributed by atoms with van der Waals surface area (Å²) in [4.78, 5) is 11.9. The Labute approximate surface area is 127 Å². The summed E-state index contributed by atoms with van der Waals surface area (Å²) in [6.45, 7) is 2.09. The van der Waals surface area contributed by atoms with Gasteiger partial charge in [0.2, 0.25) is 5.91 Å². The topological polar surface area (TPSA) is 41.1 Å². The smallest absolute Gasteiger partial charge is 0.243 e. The Bertz CT molecular complexity index is 629. The van der Waals surface area contributed by atoms with Gasteiger partial charge in [0, 0.05) is 10.7 Å². The van der Waals surface area contributed by atoms with Gasteiger partial charge in [0.25, 0.3) is 0 Å². The van der Waals surface area contributed by atoms with Crippen molar-refractivity contribution in [1.82, 2.24) is 0 Å². The van der Waals surface area contributed by atoms with Crippen molar-refractivity contribution < 1.29 is 4.79 Å². The van der Waals surface area contributed by atoms with Crippen LogP contribution in [0.5, 0.6) is 0 Å². The Morgan fingerprint density at radius 3 is 2.60 bits per heavy atom. The number of amides is 1. The van der Waals surface area contributed by atoms with E-state index in [9.17, 15) is 4.79 Å². The molecule has 0 aliphatic rings. The van der Waals surface area contributed by atoms with Gasteiger partial charge in [0.05, 0.1) is 17.3 Å². The number of carbonyl (C=O) groups excluding carboxylic acids is 1. The van der Waals surface area contributed by atoms with Crippen LogP contribution in [-0.2, 0) is 4.79 Å². The fourth-order valence-corrected chi connectivity index (χ4v) is 2.07. The van der Waals surface area contributed by atoms with Crippen LogP contribution in [0.4, 0.5) is 11.4 Å². The summed E-state index contributed by atoms with van der Waals surface area (Å²) < 4.78 is 0. The van der Waals surface area contributed by atoms with Crippen molar-refractivity contribution in [2.75, 3.05) is 17.2 Å². The van der Waals surface area contributed by atoms with Crippen molar-refractivity contribution in [2.45, 2.75) is 6.92 Å². The fourth-order valence-electron chi connectivity index (χ4n) is 1.72. The minimum Gasteiger partial charge on any atom is -0.376 e. The summed E-state index contributed by atoms with van der Waals surface area (Å²) in [5, 5.41) is 6.94. The lowest BCUT2D eigenvalue weighted by molar-refractivity contribution is -0.114. The van der Waals surface area contributed by atoms with Crippen molar-refractivity contribution in [3.8, 4) is 0 Å². The van der Waals surface area contributed by atoms with E-state index in [0.29, 0.717) is 15.7 Å². The Balaban J connectivity index is 1.96. The van der Waals surface area contributed by atoms with E-state index in [1.54, 1.807) is 18.2 Å². The maximum Gasteiger partial charge on any atom is 0.243 e. The maximum absolute atomic E-state index is 11.9. The number of hydrogen-bond donors (Lipinski definition) is 2. The standard InChI is InChI=1S/C15H14Cl2N2O/c1-10-6-7-11(16)8-14(10)18-9-15(20)19-13-5-3-2-4-12(13)17/h2-8,18H,9H2,1H3,(H,19,20). The molecule has 2 aromatic rings. The molecule has 5 heteroatoms. The third-order valence-electron chi connectivity index (χ3n) is 2.79. The first-order chi connectivity index (χ1) is 9.56. The van der Waals surface area contributed by atoms with Crippen LogP contribution in [0.2, 0.25) is 10.0 Å². The van der Waals surface area contributed by atoms with Gasteiger partial charge in [0.15, 0.2) is 0 Å². The molecule has 0 unspecified atom stereocenters. The summed E-state index contributed by atoms with van der Waals surface area (Å²) >= 11 is 11.9. The molecule has 0 heterocycles. The molecule has 0 fully saturated rings. The first kappa shape index (κ1) is 14.7. The van der Waals surface area contributed by atoms with Crippen molar-refractivity contribution >= 4 is 40.5 Å². The zero-order chi connectivity index (χ0) is 14.5. The van der Waals surface area contributed by atoms with E-state index >= 15 is 0 Å². The molecule has 0 aromatic heterocycles. The minimum atomic E-state index is -0.169. The summed E-state index contributed by atoms with van der Waals surface area (Å²) in [6, 6.07) is 12.6. The van der Waals surface area contributed by atoms with E-state index < -0.39 is 0 Å². The predicted molar refractivity (Wildman–Crippen MR) is 84.8 cm³/mol. The Kier molecular flexibility index (Phi) is 4.88. The molecule has 0 aliphatic carbocycles. The zero-order valence-corrected chi connectivity index (χ0v) is 12.4. The highest BCUT2D eigenvalue weighted by molar-refractivity contribution is 6.33. The first-order valence-corrected chi connectivity index (χ1v) is 6.86. The third-order valence-corrected chi connectivity index (χ3v) is 3.35. The van der Waals surface area contributed by atoms with Gasteiger partial charge in [-0.2, -0.15) is 0 Å². The van der Waals surface area contributed by atoms with Crippen LogP contribution in [0.15, 0.2) is 42.5 Å². The average molecular weight is 309 g/mol. The van der Waals surface area contributed by atoms with E-state index in [1.165, 1.54) is 0 Å². The molecule has 2 N–H and O–H groups in total. The number of benzene rings is 2. The van der Waals surface area contributed by atoms with Crippen LogP contribution < -0.4 is 10.6 Å². The molecule has 0 saturated carbocycles. The van der Waals surface area contributed by atoms with Gasteiger partial charge in [0.1, 0.15) is 0 Å². The van der Waals surface area contributed by atoms with E-state index in [1.807, 2.05) is 31.2 Å². The molecule has 20 heavy (non-hydrogen) atoms. The van der Waals surface area contributed by atoms with Crippen molar-refractivity contribution in [3.63, 3.8) is 0 Å². The molecular weight excluding hydrogens is 295 g/mol. The molecule has 3 nitrogen and oxygen atoms in total. The van der Waals surface area contributed by atoms with Crippen LogP contribution in [0.3, 0.4) is 0 Å². The van der Waals surface area contributed by atoms with E-state index in [0.717, 1.165) is 11.3 Å². The van der Waals surface area contributed by atoms with Crippen LogP contribution in [0.25, 0.3) is 0 Å². The zero-order valence-electron chi connectivity index (χ0n) is 10.9. The normalized spacial score (nSPS) is 10.2. The second kappa shape index (κ2) is 6.64. The van der Waals surface area contributed by atoms with E-state index in [-0.39, 0.29) is 12.5 Å². The highest BCUT2D eigenvalue weighted by Crippen LogP contribution is 2.21. The number of hydrogen-bond acceptors (Lipinski definition) is 2. The lowest BCUT2D eigenvalue weighted by atomic mass is 10.2. The lowest BCUT2D eigenvalue weighted by Gasteiger charge is -2.11. The Morgan fingerprint density at radius 2 is 1.85 bits per heavy atom. The van der Waals surface area contributed by atoms with Crippen LogP contribution in [0.1, 0.15) is 5.56 Å². The van der Waals surface area contributed by atoms with Gasteiger partial charge in [-0.05, 0) is 36.8 Å². The number of carbonyl (C=O) groups is 1. The van der Waals surface area contributed by atoms with Crippen LogP contribution in [0, 0.1) is 6.92 Å². The predicted octanol–water partition coefficient (Wildman–Crippen LogP) is 4.35. The number of rotatable bonds is 4. The highest BCUT2D eigenvalue weighted by Gasteiger charge is 2.06. The lowest BCUT2D eigenvalue weighted by Crippen LogP contribution is -2.22. The van der Waals surface area contributed by atoms with Crippen LogP contribution in [-0.4, -0.2) is 12.5 Å². The number of para-hydroxylation sites is 1. The van der Waals surface area contributed by atoms with Crippen LogP contribution >= 0.6 is 23.2 Å². The molecule has 2 aromatic carbocycles. The molecule has 0 bridgehead atoms. The molecule has 0 saturated heterocycles. The van der Waals surface area contributed by atoms with E-state index in [4.69, 9.17) is 23.2 Å². The Morgan fingerprint density at radius 1 is 1.10 bits per heavy atom. The highest BCUT2D eigenvalue weighted by atomic mass is 35.5. The number of aryl methyl sites for hydroxylation is 1. The summed E-state index contributed by atoms with van der Waals surface area (Å²) in [6.07, 6.45) is 0. The van der Waals surface area contributed by atoms with Gasteiger partial charge in [-0.3, -0.25) is 4.79 Å². The van der Waals surface area contributed by atoms with Gasteiger partial charge >= 0.3 is 0 Å². The number of halogens is 2. The average Bonchev–Trinajstić information content (AvgIpc) is 2.42. The molecule has 0 aliphatic heterocycles. The SMILES string of the molecule is Cc1ccc(Cl)cc1NCC(=O)Nc1ccccc1Cl. The summed E-state index contributed by atoms with van der Waals surface area (Å²) in [7, 11) is 0. The van der Waals surface area contributed by atoms with Gasteiger partial charge in [-0.1, -0.05) is 41.4 Å². The van der Waals surface area contributed by atoms with Gasteiger partial charge < -0.3 is 10.6 Å². The third kappa shape index (κ3) is 3.89. The molecule has 2 rings (SSSR count). The van der Waals surface area contributed by atoms with Crippen molar-refractivity contribution in [3.05, 3.63) is 58.1 Å². The Hall–Kier alpha value is -1.71. The van der Waals surface area contributed by atoms with E-state index in [2.05, 4.69) is 10.6 Å².